The van der Waals surface area contributed by atoms with Gasteiger partial charge >= 0.3 is 0 Å². The second kappa shape index (κ2) is 7.38. The number of rotatable bonds is 5. The standard InChI is InChI=1S/C18H23N3O/c1-22-18(16-5-3-2-4-6-16)15-20-11-13-21(14-12-20)17-7-9-19-10-8-17/h2-10,18H,11-15H2,1H3. The molecule has 1 aliphatic rings. The number of anilines is 1. The maximum Gasteiger partial charge on any atom is 0.0947 e. The van der Waals surface area contributed by atoms with Gasteiger partial charge in [0.1, 0.15) is 0 Å². The topological polar surface area (TPSA) is 28.6 Å². The Hall–Kier alpha value is -1.91. The van der Waals surface area contributed by atoms with Crippen molar-refractivity contribution in [2.45, 2.75) is 6.10 Å². The lowest BCUT2D eigenvalue weighted by Crippen LogP contribution is -2.47. The number of hydrogen-bond acceptors (Lipinski definition) is 4. The van der Waals surface area contributed by atoms with Gasteiger partial charge in [-0.1, -0.05) is 30.3 Å². The van der Waals surface area contributed by atoms with Gasteiger partial charge in [0, 0.05) is 57.9 Å². The molecule has 4 nitrogen and oxygen atoms in total. The molecule has 0 aliphatic carbocycles. The van der Waals surface area contributed by atoms with Gasteiger partial charge in [-0.05, 0) is 17.7 Å². The number of hydrogen-bond donors (Lipinski definition) is 0. The zero-order chi connectivity index (χ0) is 15.2. The molecule has 0 amide bonds. The van der Waals surface area contributed by atoms with Gasteiger partial charge in [0.25, 0.3) is 0 Å². The van der Waals surface area contributed by atoms with E-state index in [1.54, 1.807) is 7.11 Å². The second-order valence-electron chi connectivity index (χ2n) is 5.63. The molecule has 0 N–H and O–H groups in total. The highest BCUT2D eigenvalue weighted by Gasteiger charge is 2.21. The van der Waals surface area contributed by atoms with Crippen LogP contribution in [-0.2, 0) is 4.74 Å². The smallest absolute Gasteiger partial charge is 0.0947 e. The number of benzene rings is 1. The zero-order valence-corrected chi connectivity index (χ0v) is 13.1. The monoisotopic (exact) mass is 297 g/mol. The number of ether oxygens (including phenoxy) is 1. The molecular weight excluding hydrogens is 274 g/mol. The minimum atomic E-state index is 0.147. The summed E-state index contributed by atoms with van der Waals surface area (Å²) in [5, 5.41) is 0. The molecule has 1 fully saturated rings. The summed E-state index contributed by atoms with van der Waals surface area (Å²) in [5.41, 5.74) is 2.52. The fourth-order valence-corrected chi connectivity index (χ4v) is 2.96. The third kappa shape index (κ3) is 3.64. The molecule has 2 aromatic rings. The van der Waals surface area contributed by atoms with Crippen LogP contribution >= 0.6 is 0 Å². The molecule has 22 heavy (non-hydrogen) atoms. The van der Waals surface area contributed by atoms with Crippen molar-refractivity contribution in [1.29, 1.82) is 0 Å². The van der Waals surface area contributed by atoms with E-state index in [2.05, 4.69) is 51.2 Å². The lowest BCUT2D eigenvalue weighted by Gasteiger charge is -2.37. The first kappa shape index (κ1) is 15.0. The molecule has 1 aromatic carbocycles. The highest BCUT2D eigenvalue weighted by atomic mass is 16.5. The largest absolute Gasteiger partial charge is 0.375 e. The number of piperazine rings is 1. The lowest BCUT2D eigenvalue weighted by atomic mass is 10.1. The number of nitrogens with zero attached hydrogens (tertiary/aromatic N) is 3. The van der Waals surface area contributed by atoms with Gasteiger partial charge < -0.3 is 9.64 Å². The summed E-state index contributed by atoms with van der Waals surface area (Å²) in [5.74, 6) is 0. The molecule has 1 aliphatic heterocycles. The van der Waals surface area contributed by atoms with Crippen LogP contribution in [0, 0.1) is 0 Å². The quantitative estimate of drug-likeness (QED) is 0.848. The van der Waals surface area contributed by atoms with Crippen LogP contribution in [-0.4, -0.2) is 49.7 Å². The molecule has 0 saturated carbocycles. The van der Waals surface area contributed by atoms with Crippen molar-refractivity contribution < 1.29 is 4.74 Å². The van der Waals surface area contributed by atoms with Crippen LogP contribution < -0.4 is 4.90 Å². The lowest BCUT2D eigenvalue weighted by molar-refractivity contribution is 0.0615. The summed E-state index contributed by atoms with van der Waals surface area (Å²) in [6.07, 6.45) is 3.87. The molecule has 0 radical (unpaired) electrons. The Morgan fingerprint density at radius 1 is 1.00 bits per heavy atom. The summed E-state index contributed by atoms with van der Waals surface area (Å²) in [6.45, 7) is 5.18. The average Bonchev–Trinajstić information content (AvgIpc) is 2.62. The third-order valence-electron chi connectivity index (χ3n) is 4.28. The molecule has 0 bridgehead atoms. The summed E-state index contributed by atoms with van der Waals surface area (Å²) < 4.78 is 5.69. The van der Waals surface area contributed by atoms with E-state index in [0.717, 1.165) is 32.7 Å². The first-order chi connectivity index (χ1) is 10.9. The van der Waals surface area contributed by atoms with Crippen LogP contribution in [0.5, 0.6) is 0 Å². The predicted molar refractivity (Wildman–Crippen MR) is 89.1 cm³/mol. The van der Waals surface area contributed by atoms with Crippen LogP contribution in [0.15, 0.2) is 54.9 Å². The summed E-state index contributed by atoms with van der Waals surface area (Å²) in [7, 11) is 1.80. The molecule has 0 spiro atoms. The van der Waals surface area contributed by atoms with Crippen molar-refractivity contribution in [3.8, 4) is 0 Å². The first-order valence-electron chi connectivity index (χ1n) is 7.82. The van der Waals surface area contributed by atoms with Crippen LogP contribution in [0.1, 0.15) is 11.7 Å². The molecular formula is C18H23N3O. The molecule has 4 heteroatoms. The Morgan fingerprint density at radius 3 is 2.32 bits per heavy atom. The molecule has 2 heterocycles. The predicted octanol–water partition coefficient (Wildman–Crippen LogP) is 2.59. The van der Waals surface area contributed by atoms with E-state index in [4.69, 9.17) is 4.74 Å². The van der Waals surface area contributed by atoms with Gasteiger partial charge in [-0.25, -0.2) is 0 Å². The van der Waals surface area contributed by atoms with Crippen molar-refractivity contribution in [2.75, 3.05) is 44.7 Å². The first-order valence-corrected chi connectivity index (χ1v) is 7.82. The fourth-order valence-electron chi connectivity index (χ4n) is 2.96. The van der Waals surface area contributed by atoms with E-state index < -0.39 is 0 Å². The highest BCUT2D eigenvalue weighted by Crippen LogP contribution is 2.20. The van der Waals surface area contributed by atoms with Crippen molar-refractivity contribution in [3.05, 3.63) is 60.4 Å². The Morgan fingerprint density at radius 2 is 1.68 bits per heavy atom. The van der Waals surface area contributed by atoms with E-state index >= 15 is 0 Å². The van der Waals surface area contributed by atoms with Crippen molar-refractivity contribution in [2.24, 2.45) is 0 Å². The van der Waals surface area contributed by atoms with Crippen molar-refractivity contribution in [3.63, 3.8) is 0 Å². The summed E-state index contributed by atoms with van der Waals surface area (Å²) in [6, 6.07) is 14.6. The maximum atomic E-state index is 5.69. The molecule has 1 aromatic heterocycles. The summed E-state index contributed by atoms with van der Waals surface area (Å²) in [4.78, 5) is 8.99. The van der Waals surface area contributed by atoms with Gasteiger partial charge in [-0.2, -0.15) is 0 Å². The SMILES string of the molecule is COC(CN1CCN(c2ccncc2)CC1)c1ccccc1. The minimum Gasteiger partial charge on any atom is -0.375 e. The van der Waals surface area contributed by atoms with Crippen LogP contribution in [0.4, 0.5) is 5.69 Å². The Labute approximate surface area is 132 Å². The molecule has 3 rings (SSSR count). The van der Waals surface area contributed by atoms with Crippen molar-refractivity contribution >= 4 is 5.69 Å². The van der Waals surface area contributed by atoms with Crippen LogP contribution in [0.2, 0.25) is 0 Å². The van der Waals surface area contributed by atoms with E-state index in [1.807, 2.05) is 18.5 Å². The van der Waals surface area contributed by atoms with Gasteiger partial charge in [0.2, 0.25) is 0 Å². The summed E-state index contributed by atoms with van der Waals surface area (Å²) >= 11 is 0. The second-order valence-corrected chi connectivity index (χ2v) is 5.63. The van der Waals surface area contributed by atoms with Crippen LogP contribution in [0.25, 0.3) is 0 Å². The molecule has 116 valence electrons. The van der Waals surface area contributed by atoms with E-state index in [-0.39, 0.29) is 6.10 Å². The maximum absolute atomic E-state index is 5.69. The Balaban J connectivity index is 1.55. The highest BCUT2D eigenvalue weighted by molar-refractivity contribution is 5.44. The zero-order valence-electron chi connectivity index (χ0n) is 13.1. The number of methoxy groups -OCH3 is 1. The third-order valence-corrected chi connectivity index (χ3v) is 4.28. The number of pyridine rings is 1. The minimum absolute atomic E-state index is 0.147. The molecule has 1 atom stereocenters. The average molecular weight is 297 g/mol. The van der Waals surface area contributed by atoms with Gasteiger partial charge in [0.15, 0.2) is 0 Å². The van der Waals surface area contributed by atoms with E-state index in [1.165, 1.54) is 11.3 Å². The van der Waals surface area contributed by atoms with E-state index in [0.29, 0.717) is 0 Å². The van der Waals surface area contributed by atoms with Crippen LogP contribution in [0.3, 0.4) is 0 Å². The molecule has 1 unspecified atom stereocenters. The Kier molecular flexibility index (Phi) is 5.03. The van der Waals surface area contributed by atoms with E-state index in [9.17, 15) is 0 Å². The fraction of sp³-hybridized carbons (Fsp3) is 0.389. The normalized spacial score (nSPS) is 17.4. The Bertz CT molecular complexity index is 553. The van der Waals surface area contributed by atoms with Gasteiger partial charge in [0.05, 0.1) is 6.10 Å². The van der Waals surface area contributed by atoms with Gasteiger partial charge in [-0.15, -0.1) is 0 Å². The number of aromatic nitrogens is 1. The van der Waals surface area contributed by atoms with Gasteiger partial charge in [-0.3, -0.25) is 9.88 Å². The van der Waals surface area contributed by atoms with Crippen molar-refractivity contribution in [1.82, 2.24) is 9.88 Å². The molecule has 1 saturated heterocycles.